The van der Waals surface area contributed by atoms with Gasteiger partial charge in [-0.05, 0) is 50.3 Å². The van der Waals surface area contributed by atoms with Crippen LogP contribution >= 0.6 is 0 Å². The van der Waals surface area contributed by atoms with Crippen molar-refractivity contribution in [3.8, 4) is 5.69 Å². The van der Waals surface area contributed by atoms with Crippen LogP contribution in [0.4, 0.5) is 5.69 Å². The lowest BCUT2D eigenvalue weighted by Gasteiger charge is -2.11. The molecule has 0 spiro atoms. The van der Waals surface area contributed by atoms with E-state index in [0.29, 0.717) is 11.4 Å². The Bertz CT molecular complexity index is 634. The summed E-state index contributed by atoms with van der Waals surface area (Å²) in [4.78, 5) is 14.4. The van der Waals surface area contributed by atoms with Crippen molar-refractivity contribution < 1.29 is 4.79 Å². The fraction of sp³-hybridized carbons (Fsp3) is 0.333. The van der Waals surface area contributed by atoms with Crippen LogP contribution in [-0.2, 0) is 0 Å². The second kappa shape index (κ2) is 5.57. The van der Waals surface area contributed by atoms with Gasteiger partial charge in [0.1, 0.15) is 0 Å². The van der Waals surface area contributed by atoms with Crippen molar-refractivity contribution in [1.29, 1.82) is 0 Å². The monoisotopic (exact) mass is 285 g/mol. The molecule has 1 aliphatic heterocycles. The molecule has 1 aromatic carbocycles. The van der Waals surface area contributed by atoms with E-state index in [2.05, 4.69) is 22.4 Å². The average molecular weight is 285 g/mol. The molecule has 1 fully saturated rings. The fourth-order valence-corrected chi connectivity index (χ4v) is 2.53. The Morgan fingerprint density at radius 1 is 1.33 bits per heavy atom. The Morgan fingerprint density at radius 3 is 2.76 bits per heavy atom. The number of nitrogens with one attached hydrogen (secondary N) is 1. The summed E-state index contributed by atoms with van der Waals surface area (Å²) < 4.78 is 1.68. The van der Waals surface area contributed by atoms with Crippen LogP contribution in [0.25, 0.3) is 5.69 Å². The van der Waals surface area contributed by atoms with E-state index in [4.69, 9.17) is 5.73 Å². The normalized spacial score (nSPS) is 18.8. The van der Waals surface area contributed by atoms with Gasteiger partial charge in [0.05, 0.1) is 5.69 Å². The van der Waals surface area contributed by atoms with E-state index in [0.717, 1.165) is 25.2 Å². The van der Waals surface area contributed by atoms with E-state index < -0.39 is 0 Å². The SMILES string of the molecule is CN1CCC(NC(=O)c2ccn(-c3ccc(N)cc3)n2)C1. The van der Waals surface area contributed by atoms with Gasteiger partial charge in [0, 0.05) is 24.5 Å². The van der Waals surface area contributed by atoms with Crippen molar-refractivity contribution in [3.63, 3.8) is 0 Å². The number of hydrogen-bond acceptors (Lipinski definition) is 4. The Morgan fingerprint density at radius 2 is 2.10 bits per heavy atom. The molecule has 110 valence electrons. The molecule has 0 saturated carbocycles. The summed E-state index contributed by atoms with van der Waals surface area (Å²) in [5, 5.41) is 7.34. The van der Waals surface area contributed by atoms with Crippen LogP contribution in [0, 0.1) is 0 Å². The summed E-state index contributed by atoms with van der Waals surface area (Å²) in [5.74, 6) is -0.121. The van der Waals surface area contributed by atoms with Gasteiger partial charge in [-0.25, -0.2) is 4.68 Å². The van der Waals surface area contributed by atoms with Crippen LogP contribution in [-0.4, -0.2) is 46.8 Å². The molecule has 3 N–H and O–H groups in total. The number of nitrogens with zero attached hydrogens (tertiary/aromatic N) is 3. The number of nitrogen functional groups attached to an aromatic ring is 1. The second-order valence-electron chi connectivity index (χ2n) is 5.46. The first-order valence-electron chi connectivity index (χ1n) is 7.03. The van der Waals surface area contributed by atoms with Gasteiger partial charge >= 0.3 is 0 Å². The molecular formula is C15H19N5O. The Balaban J connectivity index is 1.69. The summed E-state index contributed by atoms with van der Waals surface area (Å²) in [6.45, 7) is 1.91. The molecule has 1 aromatic heterocycles. The minimum atomic E-state index is -0.121. The third-order valence-corrected chi connectivity index (χ3v) is 3.71. The van der Waals surface area contributed by atoms with Crippen molar-refractivity contribution in [1.82, 2.24) is 20.0 Å². The highest BCUT2D eigenvalue weighted by molar-refractivity contribution is 5.92. The van der Waals surface area contributed by atoms with Gasteiger partial charge < -0.3 is 16.0 Å². The van der Waals surface area contributed by atoms with Gasteiger partial charge in [-0.1, -0.05) is 0 Å². The van der Waals surface area contributed by atoms with Crippen LogP contribution in [0.2, 0.25) is 0 Å². The van der Waals surface area contributed by atoms with Crippen LogP contribution in [0.15, 0.2) is 36.5 Å². The summed E-state index contributed by atoms with van der Waals surface area (Å²) in [5.41, 5.74) is 7.68. The number of likely N-dealkylation sites (tertiary alicyclic amines) is 1. The lowest BCUT2D eigenvalue weighted by atomic mass is 10.2. The first-order valence-corrected chi connectivity index (χ1v) is 7.03. The molecule has 6 heteroatoms. The van der Waals surface area contributed by atoms with Gasteiger partial charge in [0.25, 0.3) is 5.91 Å². The molecule has 3 rings (SSSR count). The molecule has 1 amide bonds. The van der Waals surface area contributed by atoms with Gasteiger partial charge in [-0.15, -0.1) is 0 Å². The topological polar surface area (TPSA) is 76.2 Å². The minimum absolute atomic E-state index is 0.121. The summed E-state index contributed by atoms with van der Waals surface area (Å²) >= 11 is 0. The molecule has 2 aromatic rings. The molecule has 1 atom stereocenters. The first-order chi connectivity index (χ1) is 10.1. The van der Waals surface area contributed by atoms with Gasteiger partial charge in [0.2, 0.25) is 0 Å². The predicted octanol–water partition coefficient (Wildman–Crippen LogP) is 0.888. The van der Waals surface area contributed by atoms with Crippen molar-refractivity contribution in [2.24, 2.45) is 0 Å². The van der Waals surface area contributed by atoms with Crippen LogP contribution in [0.5, 0.6) is 0 Å². The van der Waals surface area contributed by atoms with Crippen molar-refractivity contribution in [2.45, 2.75) is 12.5 Å². The Labute approximate surface area is 123 Å². The lowest BCUT2D eigenvalue weighted by Crippen LogP contribution is -2.36. The summed E-state index contributed by atoms with van der Waals surface area (Å²) in [7, 11) is 2.06. The zero-order valence-corrected chi connectivity index (χ0v) is 12.0. The Kier molecular flexibility index (Phi) is 3.62. The van der Waals surface area contributed by atoms with Crippen LogP contribution in [0.1, 0.15) is 16.9 Å². The maximum atomic E-state index is 12.2. The molecule has 6 nitrogen and oxygen atoms in total. The molecule has 1 saturated heterocycles. The number of rotatable bonds is 3. The number of likely N-dealkylation sites (N-methyl/N-ethyl adjacent to an activating group) is 1. The number of benzene rings is 1. The molecule has 21 heavy (non-hydrogen) atoms. The standard InChI is InChI=1S/C15H19N5O/c1-19-8-6-12(10-19)17-15(21)14-7-9-20(18-14)13-4-2-11(16)3-5-13/h2-5,7,9,12H,6,8,10,16H2,1H3,(H,17,21). The van der Waals surface area contributed by atoms with Crippen LogP contribution in [0.3, 0.4) is 0 Å². The number of nitrogens with two attached hydrogens (primary N) is 1. The largest absolute Gasteiger partial charge is 0.399 e. The summed E-state index contributed by atoms with van der Waals surface area (Å²) in [6, 6.07) is 9.30. The molecule has 1 unspecified atom stereocenters. The van der Waals surface area contributed by atoms with E-state index in [1.807, 2.05) is 24.3 Å². The number of aromatic nitrogens is 2. The average Bonchev–Trinajstić information content (AvgIpc) is 3.09. The smallest absolute Gasteiger partial charge is 0.272 e. The number of carbonyl (C=O) groups is 1. The maximum Gasteiger partial charge on any atom is 0.272 e. The third-order valence-electron chi connectivity index (χ3n) is 3.71. The molecule has 0 bridgehead atoms. The molecule has 0 aliphatic carbocycles. The van der Waals surface area contributed by atoms with E-state index >= 15 is 0 Å². The molecule has 0 radical (unpaired) electrons. The van der Waals surface area contributed by atoms with Crippen LogP contribution < -0.4 is 11.1 Å². The van der Waals surface area contributed by atoms with Gasteiger partial charge in [-0.3, -0.25) is 4.79 Å². The number of carbonyl (C=O) groups excluding carboxylic acids is 1. The Hall–Kier alpha value is -2.34. The summed E-state index contributed by atoms with van der Waals surface area (Å²) in [6.07, 6.45) is 2.77. The van der Waals surface area contributed by atoms with Gasteiger partial charge in [0.15, 0.2) is 5.69 Å². The van der Waals surface area contributed by atoms with Crippen molar-refractivity contribution >= 4 is 11.6 Å². The minimum Gasteiger partial charge on any atom is -0.399 e. The third kappa shape index (κ3) is 3.05. The number of anilines is 1. The van der Waals surface area contributed by atoms with E-state index in [1.165, 1.54) is 0 Å². The zero-order chi connectivity index (χ0) is 14.8. The first kappa shape index (κ1) is 13.6. The van der Waals surface area contributed by atoms with Crippen molar-refractivity contribution in [2.75, 3.05) is 25.9 Å². The zero-order valence-electron chi connectivity index (χ0n) is 12.0. The second-order valence-corrected chi connectivity index (χ2v) is 5.46. The molecule has 2 heterocycles. The van der Waals surface area contributed by atoms with Gasteiger partial charge in [-0.2, -0.15) is 5.10 Å². The predicted molar refractivity (Wildman–Crippen MR) is 81.3 cm³/mol. The highest BCUT2D eigenvalue weighted by Gasteiger charge is 2.22. The number of hydrogen-bond donors (Lipinski definition) is 2. The van der Waals surface area contributed by atoms with E-state index in [9.17, 15) is 4.79 Å². The van der Waals surface area contributed by atoms with E-state index in [-0.39, 0.29) is 11.9 Å². The highest BCUT2D eigenvalue weighted by Crippen LogP contribution is 2.11. The highest BCUT2D eigenvalue weighted by atomic mass is 16.2. The number of amides is 1. The quantitative estimate of drug-likeness (QED) is 0.821. The fourth-order valence-electron chi connectivity index (χ4n) is 2.53. The maximum absolute atomic E-state index is 12.2. The van der Waals surface area contributed by atoms with Crippen molar-refractivity contribution in [3.05, 3.63) is 42.2 Å². The van der Waals surface area contributed by atoms with E-state index in [1.54, 1.807) is 16.9 Å². The molecule has 1 aliphatic rings. The molecular weight excluding hydrogens is 266 g/mol. The lowest BCUT2D eigenvalue weighted by molar-refractivity contribution is 0.0933.